The van der Waals surface area contributed by atoms with Crippen molar-refractivity contribution in [1.29, 1.82) is 0 Å². The molecule has 3 aromatic rings. The number of hydrogen-bond donors (Lipinski definition) is 2. The van der Waals surface area contributed by atoms with Crippen molar-refractivity contribution in [2.45, 2.75) is 33.2 Å². The zero-order chi connectivity index (χ0) is 19.6. The molecule has 0 aliphatic carbocycles. The van der Waals surface area contributed by atoms with E-state index in [1.807, 2.05) is 19.9 Å². The molecule has 0 bridgehead atoms. The molecule has 2 heterocycles. The average molecular weight is 404 g/mol. The summed E-state index contributed by atoms with van der Waals surface area (Å²) in [5.74, 6) is 0.419. The van der Waals surface area contributed by atoms with E-state index in [9.17, 15) is 9.59 Å². The van der Waals surface area contributed by atoms with E-state index in [4.69, 9.17) is 17.0 Å². The van der Waals surface area contributed by atoms with Crippen molar-refractivity contribution in [3.05, 3.63) is 50.3 Å². The summed E-state index contributed by atoms with van der Waals surface area (Å²) in [7, 11) is 0. The van der Waals surface area contributed by atoms with Crippen LogP contribution in [0.1, 0.15) is 31.7 Å². The Balaban J connectivity index is 1.88. The first-order valence-corrected chi connectivity index (χ1v) is 9.98. The van der Waals surface area contributed by atoms with E-state index >= 15 is 0 Å². The average Bonchev–Trinajstić information content (AvgIpc) is 3.06. The van der Waals surface area contributed by atoms with Gasteiger partial charge in [0.15, 0.2) is 4.77 Å². The van der Waals surface area contributed by atoms with Gasteiger partial charge in [0.05, 0.1) is 12.0 Å². The number of fused-ring (bicyclic) bond motifs is 1. The summed E-state index contributed by atoms with van der Waals surface area (Å²) >= 11 is 6.85. The Morgan fingerprint density at radius 3 is 2.67 bits per heavy atom. The van der Waals surface area contributed by atoms with Gasteiger partial charge in [-0.3, -0.25) is 14.2 Å². The third kappa shape index (κ3) is 3.96. The van der Waals surface area contributed by atoms with Gasteiger partial charge in [-0.25, -0.2) is 0 Å². The van der Waals surface area contributed by atoms with Gasteiger partial charge in [-0.1, -0.05) is 6.92 Å². The Labute approximate surface area is 165 Å². The number of aromatic amines is 1. The monoisotopic (exact) mass is 403 g/mol. The standard InChI is InChI=1S/C19H21N3O3S2/c1-4-14-10-15-17(27-14)21-19(26)22(18(15)24)11(3)16(23)20-12-6-8-13(9-7-12)25-5-2/h6-11H,4-5H2,1-3H3,(H,20,23)(H,21,26). The number of carbonyl (C=O) groups is 1. The van der Waals surface area contributed by atoms with E-state index in [2.05, 4.69) is 10.3 Å². The maximum absolute atomic E-state index is 12.9. The van der Waals surface area contributed by atoms with E-state index in [0.29, 0.717) is 17.7 Å². The molecule has 0 saturated carbocycles. The SMILES string of the molecule is CCOc1ccc(NC(=O)C(C)n2c(=S)[nH]c3sc(CC)cc3c2=O)cc1. The molecule has 2 N–H and O–H groups in total. The molecular weight excluding hydrogens is 382 g/mol. The van der Waals surface area contributed by atoms with Gasteiger partial charge in [0.2, 0.25) is 5.91 Å². The quantitative estimate of drug-likeness (QED) is 0.602. The highest BCUT2D eigenvalue weighted by molar-refractivity contribution is 7.71. The maximum Gasteiger partial charge on any atom is 0.263 e. The number of amides is 1. The molecule has 0 fully saturated rings. The summed E-state index contributed by atoms with van der Waals surface area (Å²) in [4.78, 5) is 30.5. The largest absolute Gasteiger partial charge is 0.494 e. The molecular formula is C19H21N3O3S2. The molecule has 2 aromatic heterocycles. The number of H-pyrrole nitrogens is 1. The van der Waals surface area contributed by atoms with Crippen LogP contribution in [0.15, 0.2) is 35.1 Å². The Morgan fingerprint density at radius 1 is 1.33 bits per heavy atom. The molecule has 27 heavy (non-hydrogen) atoms. The lowest BCUT2D eigenvalue weighted by Gasteiger charge is -2.15. The summed E-state index contributed by atoms with van der Waals surface area (Å²) in [6.45, 7) is 6.18. The van der Waals surface area contributed by atoms with Crippen LogP contribution in [0, 0.1) is 4.77 Å². The summed E-state index contributed by atoms with van der Waals surface area (Å²) < 4.78 is 6.96. The molecule has 6 nitrogen and oxygen atoms in total. The summed E-state index contributed by atoms with van der Waals surface area (Å²) in [5.41, 5.74) is 0.377. The number of aromatic nitrogens is 2. The maximum atomic E-state index is 12.9. The molecule has 3 rings (SSSR count). The third-order valence-electron chi connectivity index (χ3n) is 4.22. The fraction of sp³-hybridized carbons (Fsp3) is 0.316. The first kappa shape index (κ1) is 19.3. The number of carbonyl (C=O) groups excluding carboxylic acids is 1. The predicted octanol–water partition coefficient (Wildman–Crippen LogP) is 4.28. The second-order valence-electron chi connectivity index (χ2n) is 6.04. The number of thiophene rings is 1. The van der Waals surface area contributed by atoms with Crippen LogP contribution in [0.5, 0.6) is 5.75 Å². The highest BCUT2D eigenvalue weighted by Gasteiger charge is 2.20. The van der Waals surface area contributed by atoms with Crippen molar-refractivity contribution in [1.82, 2.24) is 9.55 Å². The first-order chi connectivity index (χ1) is 12.9. The van der Waals surface area contributed by atoms with E-state index in [1.165, 1.54) is 15.9 Å². The molecule has 0 spiro atoms. The number of nitrogens with one attached hydrogen (secondary N) is 2. The van der Waals surface area contributed by atoms with Gasteiger partial charge in [0, 0.05) is 10.6 Å². The number of ether oxygens (including phenoxy) is 1. The Kier molecular flexibility index (Phi) is 5.76. The number of aryl methyl sites for hydroxylation is 1. The Hall–Kier alpha value is -2.45. The van der Waals surface area contributed by atoms with Gasteiger partial charge in [-0.15, -0.1) is 11.3 Å². The summed E-state index contributed by atoms with van der Waals surface area (Å²) in [5, 5.41) is 3.38. The van der Waals surface area contributed by atoms with Gasteiger partial charge in [-0.05, 0) is 62.8 Å². The lowest BCUT2D eigenvalue weighted by molar-refractivity contribution is -0.118. The van der Waals surface area contributed by atoms with E-state index in [0.717, 1.165) is 21.9 Å². The van der Waals surface area contributed by atoms with E-state index in [1.54, 1.807) is 31.2 Å². The topological polar surface area (TPSA) is 76.1 Å². The van der Waals surface area contributed by atoms with Crippen molar-refractivity contribution in [2.75, 3.05) is 11.9 Å². The van der Waals surface area contributed by atoms with Crippen LogP contribution in [0.2, 0.25) is 0 Å². The third-order valence-corrected chi connectivity index (χ3v) is 5.71. The molecule has 8 heteroatoms. The zero-order valence-corrected chi connectivity index (χ0v) is 17.0. The highest BCUT2D eigenvalue weighted by Crippen LogP contribution is 2.23. The van der Waals surface area contributed by atoms with E-state index < -0.39 is 6.04 Å². The minimum Gasteiger partial charge on any atom is -0.494 e. The van der Waals surface area contributed by atoms with Gasteiger partial charge in [-0.2, -0.15) is 0 Å². The molecule has 0 aliphatic heterocycles. The van der Waals surface area contributed by atoms with Crippen molar-refractivity contribution >= 4 is 45.4 Å². The lowest BCUT2D eigenvalue weighted by atomic mass is 10.2. The number of nitrogens with zero attached hydrogens (tertiary/aromatic N) is 1. The normalized spacial score (nSPS) is 12.1. The number of hydrogen-bond acceptors (Lipinski definition) is 5. The second kappa shape index (κ2) is 8.06. The van der Waals surface area contributed by atoms with Crippen LogP contribution in [0.4, 0.5) is 5.69 Å². The van der Waals surface area contributed by atoms with Crippen LogP contribution in [-0.4, -0.2) is 22.1 Å². The molecule has 0 radical (unpaired) electrons. The van der Waals surface area contributed by atoms with Crippen LogP contribution in [0.25, 0.3) is 10.2 Å². The van der Waals surface area contributed by atoms with Gasteiger partial charge in [0.1, 0.15) is 16.6 Å². The van der Waals surface area contributed by atoms with Crippen LogP contribution >= 0.6 is 23.6 Å². The molecule has 0 aliphatic rings. The van der Waals surface area contributed by atoms with Crippen molar-refractivity contribution < 1.29 is 9.53 Å². The molecule has 1 atom stereocenters. The minimum atomic E-state index is -0.748. The smallest absolute Gasteiger partial charge is 0.263 e. The Bertz CT molecular complexity index is 1080. The van der Waals surface area contributed by atoms with Crippen molar-refractivity contribution in [3.63, 3.8) is 0 Å². The van der Waals surface area contributed by atoms with Gasteiger partial charge in [0.25, 0.3) is 5.56 Å². The fourth-order valence-corrected chi connectivity index (χ4v) is 4.16. The number of anilines is 1. The van der Waals surface area contributed by atoms with E-state index in [-0.39, 0.29) is 16.2 Å². The van der Waals surface area contributed by atoms with Crippen LogP contribution in [0.3, 0.4) is 0 Å². The first-order valence-electron chi connectivity index (χ1n) is 8.75. The summed E-state index contributed by atoms with van der Waals surface area (Å²) in [6, 6.07) is 8.20. The lowest BCUT2D eigenvalue weighted by Crippen LogP contribution is -2.32. The van der Waals surface area contributed by atoms with Crippen molar-refractivity contribution in [2.24, 2.45) is 0 Å². The van der Waals surface area contributed by atoms with Gasteiger partial charge < -0.3 is 15.0 Å². The van der Waals surface area contributed by atoms with Crippen LogP contribution in [-0.2, 0) is 11.2 Å². The van der Waals surface area contributed by atoms with Crippen LogP contribution < -0.4 is 15.6 Å². The summed E-state index contributed by atoms with van der Waals surface area (Å²) in [6.07, 6.45) is 0.840. The fourth-order valence-electron chi connectivity index (χ4n) is 2.76. The molecule has 1 aromatic carbocycles. The predicted molar refractivity (Wildman–Crippen MR) is 112 cm³/mol. The number of benzene rings is 1. The molecule has 1 amide bonds. The molecule has 1 unspecified atom stereocenters. The molecule has 142 valence electrons. The van der Waals surface area contributed by atoms with Gasteiger partial charge >= 0.3 is 0 Å². The Morgan fingerprint density at radius 2 is 2.04 bits per heavy atom. The zero-order valence-electron chi connectivity index (χ0n) is 15.4. The van der Waals surface area contributed by atoms with Crippen molar-refractivity contribution in [3.8, 4) is 5.75 Å². The number of rotatable bonds is 6. The molecule has 0 saturated heterocycles. The second-order valence-corrected chi connectivity index (χ2v) is 7.56. The highest BCUT2D eigenvalue weighted by atomic mass is 32.1. The minimum absolute atomic E-state index is 0.242.